The Morgan fingerprint density at radius 3 is 1.95 bits per heavy atom. The van der Waals surface area contributed by atoms with Crippen molar-refractivity contribution in [2.75, 3.05) is 0 Å². The molecule has 21 heavy (non-hydrogen) atoms. The van der Waals surface area contributed by atoms with Crippen LogP contribution in [-0.4, -0.2) is 11.8 Å². The highest BCUT2D eigenvalue weighted by atomic mass is 35.5. The maximum absolute atomic E-state index is 12.1. The molecule has 1 N–H and O–H groups in total. The lowest BCUT2D eigenvalue weighted by Crippen LogP contribution is -2.22. The van der Waals surface area contributed by atoms with Crippen LogP contribution >= 0.6 is 23.2 Å². The van der Waals surface area contributed by atoms with E-state index in [9.17, 15) is 9.59 Å². The monoisotopic (exact) mass is 317 g/mol. The van der Waals surface area contributed by atoms with E-state index in [-0.39, 0.29) is 0 Å². The highest BCUT2D eigenvalue weighted by Crippen LogP contribution is 2.33. The highest BCUT2D eigenvalue weighted by Gasteiger charge is 2.32. The van der Waals surface area contributed by atoms with Crippen molar-refractivity contribution in [3.8, 4) is 0 Å². The lowest BCUT2D eigenvalue weighted by molar-refractivity contribution is -0.122. The van der Waals surface area contributed by atoms with Gasteiger partial charge in [-0.05, 0) is 23.3 Å². The van der Waals surface area contributed by atoms with Crippen LogP contribution in [0.25, 0.3) is 11.1 Å². The molecule has 3 nitrogen and oxygen atoms in total. The molecular weight excluding hydrogens is 309 g/mol. The summed E-state index contributed by atoms with van der Waals surface area (Å²) in [6.07, 6.45) is 0. The van der Waals surface area contributed by atoms with Crippen molar-refractivity contribution in [3.63, 3.8) is 0 Å². The predicted octanol–water partition coefficient (Wildman–Crippen LogP) is 3.56. The van der Waals surface area contributed by atoms with E-state index < -0.39 is 11.8 Å². The van der Waals surface area contributed by atoms with Gasteiger partial charge in [0.25, 0.3) is 11.8 Å². The number of benzene rings is 2. The summed E-state index contributed by atoms with van der Waals surface area (Å²) in [6, 6.07) is 13.9. The minimum Gasteiger partial charge on any atom is -0.288 e. The summed E-state index contributed by atoms with van der Waals surface area (Å²) < 4.78 is 0. The Morgan fingerprint density at radius 2 is 1.33 bits per heavy atom. The molecule has 1 heterocycles. The third-order valence-electron chi connectivity index (χ3n) is 3.20. The van der Waals surface area contributed by atoms with Crippen molar-refractivity contribution in [3.05, 3.63) is 69.7 Å². The van der Waals surface area contributed by atoms with E-state index in [0.717, 1.165) is 0 Å². The number of amides is 2. The predicted molar refractivity (Wildman–Crippen MR) is 82.9 cm³/mol. The molecular formula is C16H9Cl2NO2. The van der Waals surface area contributed by atoms with Crippen molar-refractivity contribution >= 4 is 46.2 Å². The van der Waals surface area contributed by atoms with Crippen molar-refractivity contribution < 1.29 is 9.59 Å². The molecule has 1 aliphatic heterocycles. The van der Waals surface area contributed by atoms with E-state index >= 15 is 0 Å². The second-order valence-corrected chi connectivity index (χ2v) is 5.34. The van der Waals surface area contributed by atoms with Gasteiger partial charge in [-0.2, -0.15) is 0 Å². The van der Waals surface area contributed by atoms with Crippen LogP contribution in [0.1, 0.15) is 11.1 Å². The summed E-state index contributed by atoms with van der Waals surface area (Å²) in [6.45, 7) is 0. The van der Waals surface area contributed by atoms with Gasteiger partial charge < -0.3 is 0 Å². The number of hydrogen-bond donors (Lipinski definition) is 1. The third-order valence-corrected chi connectivity index (χ3v) is 3.94. The zero-order valence-electron chi connectivity index (χ0n) is 10.7. The third kappa shape index (κ3) is 2.46. The summed E-state index contributed by atoms with van der Waals surface area (Å²) in [5.41, 5.74) is 1.90. The van der Waals surface area contributed by atoms with Gasteiger partial charge in [-0.25, -0.2) is 0 Å². The van der Waals surface area contributed by atoms with Gasteiger partial charge in [0.2, 0.25) is 0 Å². The van der Waals surface area contributed by atoms with Gasteiger partial charge in [0.05, 0.1) is 21.2 Å². The summed E-state index contributed by atoms with van der Waals surface area (Å²) in [4.78, 5) is 24.2. The molecule has 0 radical (unpaired) electrons. The van der Waals surface area contributed by atoms with E-state index in [1.165, 1.54) is 0 Å². The van der Waals surface area contributed by atoms with E-state index in [1.54, 1.807) is 30.3 Å². The summed E-state index contributed by atoms with van der Waals surface area (Å²) >= 11 is 11.9. The zero-order chi connectivity index (χ0) is 15.0. The van der Waals surface area contributed by atoms with Gasteiger partial charge in [-0.1, -0.05) is 59.6 Å². The molecule has 0 fully saturated rings. The standard InChI is InChI=1S/C16H9Cl2NO2/c17-11-7-6-10(8-12(11)18)14-13(15(20)19-16(14)21)9-4-2-1-3-5-9/h1-8H,(H,19,20,21). The normalized spacial score (nSPS) is 14.6. The van der Waals surface area contributed by atoms with Gasteiger partial charge >= 0.3 is 0 Å². The molecule has 104 valence electrons. The SMILES string of the molecule is O=C1NC(=O)C(c2ccc(Cl)c(Cl)c2)=C1c1ccccc1. The Balaban J connectivity index is 2.24. The first-order valence-electron chi connectivity index (χ1n) is 6.18. The summed E-state index contributed by atoms with van der Waals surface area (Å²) in [5, 5.41) is 3.05. The Morgan fingerprint density at radius 1 is 0.714 bits per heavy atom. The topological polar surface area (TPSA) is 46.2 Å². The second kappa shape index (κ2) is 5.35. The fraction of sp³-hybridized carbons (Fsp3) is 0. The molecule has 2 aromatic carbocycles. The first kappa shape index (κ1) is 13.9. The lowest BCUT2D eigenvalue weighted by atomic mass is 9.96. The molecule has 3 rings (SSSR count). The lowest BCUT2D eigenvalue weighted by Gasteiger charge is -2.06. The van der Waals surface area contributed by atoms with Gasteiger partial charge in [-0.3, -0.25) is 14.9 Å². The molecule has 1 aliphatic rings. The summed E-state index contributed by atoms with van der Waals surface area (Å²) in [7, 11) is 0. The number of rotatable bonds is 2. The van der Waals surface area contributed by atoms with Crippen LogP contribution in [0.3, 0.4) is 0 Å². The Hall–Kier alpha value is -2.10. The van der Waals surface area contributed by atoms with Gasteiger partial charge in [0.15, 0.2) is 0 Å². The van der Waals surface area contributed by atoms with E-state index in [2.05, 4.69) is 5.32 Å². The molecule has 0 aliphatic carbocycles. The Bertz CT molecular complexity index is 782. The Kier molecular flexibility index (Phi) is 3.53. The van der Waals surface area contributed by atoms with Crippen LogP contribution in [0.5, 0.6) is 0 Å². The van der Waals surface area contributed by atoms with Crippen molar-refractivity contribution in [2.45, 2.75) is 0 Å². The zero-order valence-corrected chi connectivity index (χ0v) is 12.2. The largest absolute Gasteiger partial charge is 0.288 e. The molecule has 0 aromatic heterocycles. The van der Waals surface area contributed by atoms with Crippen LogP contribution < -0.4 is 5.32 Å². The fourth-order valence-electron chi connectivity index (χ4n) is 2.26. The van der Waals surface area contributed by atoms with Crippen molar-refractivity contribution in [1.82, 2.24) is 5.32 Å². The average Bonchev–Trinajstić information content (AvgIpc) is 2.77. The quantitative estimate of drug-likeness (QED) is 0.861. The Labute approximate surface area is 131 Å². The van der Waals surface area contributed by atoms with Crippen LogP contribution in [0, 0.1) is 0 Å². The highest BCUT2D eigenvalue weighted by molar-refractivity contribution is 6.49. The molecule has 0 spiro atoms. The molecule has 0 saturated carbocycles. The minimum atomic E-state index is -0.433. The molecule has 2 amide bonds. The van der Waals surface area contributed by atoms with Gasteiger partial charge in [0, 0.05) is 0 Å². The van der Waals surface area contributed by atoms with E-state index in [0.29, 0.717) is 32.3 Å². The van der Waals surface area contributed by atoms with E-state index in [1.807, 2.05) is 18.2 Å². The molecule has 0 saturated heterocycles. The number of carbonyl (C=O) groups is 2. The molecule has 0 bridgehead atoms. The number of imide groups is 1. The summed E-state index contributed by atoms with van der Waals surface area (Å²) in [5.74, 6) is -0.843. The number of halogens is 2. The number of nitrogens with one attached hydrogen (secondary N) is 1. The molecule has 0 atom stereocenters. The first-order valence-corrected chi connectivity index (χ1v) is 6.94. The molecule has 5 heteroatoms. The average molecular weight is 318 g/mol. The molecule has 0 unspecified atom stereocenters. The fourth-order valence-corrected chi connectivity index (χ4v) is 2.56. The second-order valence-electron chi connectivity index (χ2n) is 4.53. The molecule has 2 aromatic rings. The smallest absolute Gasteiger partial charge is 0.259 e. The van der Waals surface area contributed by atoms with Crippen LogP contribution in [0.15, 0.2) is 48.5 Å². The number of hydrogen-bond acceptors (Lipinski definition) is 2. The van der Waals surface area contributed by atoms with Gasteiger partial charge in [-0.15, -0.1) is 0 Å². The number of carbonyl (C=O) groups excluding carboxylic acids is 2. The van der Waals surface area contributed by atoms with Crippen molar-refractivity contribution in [1.29, 1.82) is 0 Å². The van der Waals surface area contributed by atoms with Crippen LogP contribution in [0.4, 0.5) is 0 Å². The van der Waals surface area contributed by atoms with E-state index in [4.69, 9.17) is 23.2 Å². The maximum atomic E-state index is 12.1. The van der Waals surface area contributed by atoms with Gasteiger partial charge in [0.1, 0.15) is 0 Å². The van der Waals surface area contributed by atoms with Crippen molar-refractivity contribution in [2.24, 2.45) is 0 Å². The van der Waals surface area contributed by atoms with Crippen LogP contribution in [0.2, 0.25) is 10.0 Å². The maximum Gasteiger partial charge on any atom is 0.259 e. The first-order chi connectivity index (χ1) is 10.1. The van der Waals surface area contributed by atoms with Crippen LogP contribution in [-0.2, 0) is 9.59 Å². The minimum absolute atomic E-state index is 0.310.